The smallest absolute Gasteiger partial charge is 0.213 e. The highest BCUT2D eigenvalue weighted by molar-refractivity contribution is 5.99. The number of carbonyl (C=O) groups is 2. The number of aromatic hydroxyl groups is 1. The van der Waals surface area contributed by atoms with E-state index in [1.165, 1.54) is 18.4 Å². The van der Waals surface area contributed by atoms with Crippen LogP contribution in [0.15, 0.2) is 116 Å². The average Bonchev–Trinajstić information content (AvgIpc) is 4.02. The Kier molecular flexibility index (Phi) is 14.3. The second kappa shape index (κ2) is 20.8. The monoisotopic (exact) mass is 858 g/mol. The molecule has 2 atom stereocenters. The lowest BCUT2D eigenvalue weighted by atomic mass is 9.91. The molecule has 2 unspecified atom stereocenters. The molecule has 4 aromatic carbocycles. The van der Waals surface area contributed by atoms with Gasteiger partial charge in [0.25, 0.3) is 0 Å². The van der Waals surface area contributed by atoms with Crippen LogP contribution >= 0.6 is 0 Å². The van der Waals surface area contributed by atoms with E-state index in [2.05, 4.69) is 22.1 Å². The van der Waals surface area contributed by atoms with Crippen molar-refractivity contribution in [2.24, 2.45) is 11.8 Å². The van der Waals surface area contributed by atoms with Crippen LogP contribution in [0.4, 0.5) is 0 Å². The summed E-state index contributed by atoms with van der Waals surface area (Å²) in [5.41, 5.74) is 8.92. The molecule has 330 valence electrons. The number of pyridine rings is 2. The number of phenols is 1. The van der Waals surface area contributed by atoms with Crippen molar-refractivity contribution in [2.75, 3.05) is 0 Å². The fourth-order valence-corrected chi connectivity index (χ4v) is 9.26. The van der Waals surface area contributed by atoms with E-state index in [0.717, 1.165) is 82.5 Å². The fourth-order valence-electron chi connectivity index (χ4n) is 9.26. The maximum absolute atomic E-state index is 13.7. The summed E-state index contributed by atoms with van der Waals surface area (Å²) in [5.74, 6) is 3.97. The lowest BCUT2D eigenvalue weighted by Gasteiger charge is -2.16. The van der Waals surface area contributed by atoms with Crippen molar-refractivity contribution in [3.63, 3.8) is 0 Å². The molecule has 64 heavy (non-hydrogen) atoms. The topological polar surface area (TPSA) is 117 Å². The number of rotatable bonds is 19. The van der Waals surface area contributed by atoms with Crippen LogP contribution in [-0.2, 0) is 26.4 Å². The molecule has 0 bridgehead atoms. The number of hydrogen-bond acceptors (Lipinski definition) is 9. The van der Waals surface area contributed by atoms with E-state index in [9.17, 15) is 14.7 Å². The van der Waals surface area contributed by atoms with Crippen molar-refractivity contribution in [3.05, 3.63) is 171 Å². The number of Topliss-reactive ketones (excluding diaryl/α,β-unsaturated/α-hetero) is 2. The Hall–Kier alpha value is -6.48. The summed E-state index contributed by atoms with van der Waals surface area (Å²) in [4.78, 5) is 35.2. The lowest BCUT2D eigenvalue weighted by Crippen LogP contribution is -2.09. The minimum atomic E-state index is 0.00239. The number of benzene rings is 4. The third-order valence-corrected chi connectivity index (χ3v) is 13.1. The Morgan fingerprint density at radius 1 is 0.594 bits per heavy atom. The molecule has 0 radical (unpaired) electrons. The summed E-state index contributed by atoms with van der Waals surface area (Å²) in [6.45, 7) is 7.38. The van der Waals surface area contributed by atoms with E-state index in [1.54, 1.807) is 31.5 Å². The largest absolute Gasteiger partial charge is 0.507 e. The normalized spacial score (nSPS) is 16.1. The highest BCUT2D eigenvalue weighted by Crippen LogP contribution is 2.41. The summed E-state index contributed by atoms with van der Waals surface area (Å²) >= 11 is 0. The van der Waals surface area contributed by atoms with E-state index in [1.807, 2.05) is 92.8 Å². The van der Waals surface area contributed by atoms with Gasteiger partial charge in [-0.1, -0.05) is 68.1 Å². The molecule has 2 fully saturated rings. The number of ketones is 2. The Morgan fingerprint density at radius 3 is 1.81 bits per heavy atom. The molecule has 2 aromatic heterocycles. The molecule has 0 amide bonds. The van der Waals surface area contributed by atoms with Crippen molar-refractivity contribution >= 4 is 11.6 Å². The predicted molar refractivity (Wildman–Crippen MR) is 247 cm³/mol. The number of ether oxygens (including phenoxy) is 4. The van der Waals surface area contributed by atoms with E-state index >= 15 is 0 Å². The molecule has 0 aliphatic heterocycles. The highest BCUT2D eigenvalue weighted by Gasteiger charge is 2.29. The Bertz CT molecular complexity index is 2550. The Balaban J connectivity index is 0.780. The molecule has 0 saturated heterocycles. The van der Waals surface area contributed by atoms with Gasteiger partial charge in [-0.3, -0.25) is 14.6 Å². The SMILES string of the molecule is Cc1c(OCc2cccc(COc3ccncc3)c2)ccc(C(=O)CC2CCC(c3ccc(OCc4cccc(COc5ccc(C(=O)CC6CCCC6)c(O)c5C)c4)nc3)C2)c1C. The summed E-state index contributed by atoms with van der Waals surface area (Å²) in [7, 11) is 0. The molecule has 2 saturated carbocycles. The van der Waals surface area contributed by atoms with E-state index in [0.29, 0.717) is 79.8 Å². The van der Waals surface area contributed by atoms with Crippen molar-refractivity contribution < 1.29 is 33.6 Å². The van der Waals surface area contributed by atoms with E-state index in [4.69, 9.17) is 18.9 Å². The number of nitrogens with zero attached hydrogens (tertiary/aromatic N) is 2. The van der Waals surface area contributed by atoms with Crippen LogP contribution in [0, 0.1) is 32.6 Å². The minimum Gasteiger partial charge on any atom is -0.507 e. The average molecular weight is 859 g/mol. The zero-order valence-corrected chi connectivity index (χ0v) is 37.2. The summed E-state index contributed by atoms with van der Waals surface area (Å²) < 4.78 is 24.3. The molecule has 2 aliphatic carbocycles. The van der Waals surface area contributed by atoms with Gasteiger partial charge < -0.3 is 24.1 Å². The first-order valence-electron chi connectivity index (χ1n) is 22.7. The van der Waals surface area contributed by atoms with Crippen LogP contribution in [0.3, 0.4) is 0 Å². The molecular weight excluding hydrogens is 801 g/mol. The summed E-state index contributed by atoms with van der Waals surface area (Å²) in [5, 5.41) is 10.9. The molecular formula is C55H58N2O7. The fraction of sp³-hybridized carbons (Fsp3) is 0.345. The van der Waals surface area contributed by atoms with Gasteiger partial charge in [0.2, 0.25) is 5.88 Å². The van der Waals surface area contributed by atoms with Gasteiger partial charge in [0.1, 0.15) is 49.4 Å². The van der Waals surface area contributed by atoms with Crippen molar-refractivity contribution in [2.45, 2.75) is 111 Å². The van der Waals surface area contributed by atoms with Gasteiger partial charge in [0, 0.05) is 48.6 Å². The molecule has 9 heteroatoms. The van der Waals surface area contributed by atoms with Gasteiger partial charge in [0.05, 0.1) is 5.56 Å². The van der Waals surface area contributed by atoms with Crippen molar-refractivity contribution in [1.82, 2.24) is 9.97 Å². The van der Waals surface area contributed by atoms with Crippen LogP contribution in [0.1, 0.15) is 129 Å². The molecule has 0 spiro atoms. The molecule has 9 nitrogen and oxygen atoms in total. The predicted octanol–water partition coefficient (Wildman–Crippen LogP) is 12.3. The van der Waals surface area contributed by atoms with E-state index < -0.39 is 0 Å². The molecule has 6 aromatic rings. The second-order valence-corrected chi connectivity index (χ2v) is 17.6. The zero-order valence-electron chi connectivity index (χ0n) is 37.2. The summed E-state index contributed by atoms with van der Waals surface area (Å²) in [6.07, 6.45) is 13.9. The van der Waals surface area contributed by atoms with Crippen molar-refractivity contribution in [1.29, 1.82) is 0 Å². The van der Waals surface area contributed by atoms with Crippen LogP contribution in [-0.4, -0.2) is 26.6 Å². The molecule has 2 aliphatic rings. The Morgan fingerprint density at radius 2 is 1.17 bits per heavy atom. The number of hydrogen-bond donors (Lipinski definition) is 1. The number of carbonyl (C=O) groups excluding carboxylic acids is 2. The third kappa shape index (κ3) is 11.2. The number of aromatic nitrogens is 2. The van der Waals surface area contributed by atoms with Crippen molar-refractivity contribution in [3.8, 4) is 28.9 Å². The van der Waals surface area contributed by atoms with Crippen LogP contribution < -0.4 is 18.9 Å². The van der Waals surface area contributed by atoms with Gasteiger partial charge in [0.15, 0.2) is 11.6 Å². The standard InChI is InChI=1S/C55H58N2O7/c1-36-37(2)52(62-33-42-11-6-10-41(26-42)32-61-47-22-24-56-25-23-47)19-17-48(36)50(58)30-40-14-15-45(28-40)46-16-21-54(57-31-46)64-35-44-13-7-12-43(27-44)34-63-53-20-18-49(55(60)38(53)3)51(59)29-39-8-4-5-9-39/h6-7,10-13,16-27,31,39-40,45,60H,4-5,8-9,14-15,28-30,32-35H2,1-3H3. The first-order valence-corrected chi connectivity index (χ1v) is 22.7. The van der Waals surface area contributed by atoms with Gasteiger partial charge in [-0.05, 0) is 145 Å². The van der Waals surface area contributed by atoms with E-state index in [-0.39, 0.29) is 17.3 Å². The molecule has 8 rings (SSSR count). The van der Waals surface area contributed by atoms with Gasteiger partial charge in [-0.2, -0.15) is 0 Å². The maximum atomic E-state index is 13.7. The lowest BCUT2D eigenvalue weighted by molar-refractivity contribution is 0.0951. The van der Waals surface area contributed by atoms with Crippen LogP contribution in [0.2, 0.25) is 0 Å². The van der Waals surface area contributed by atoms with Crippen LogP contribution in [0.5, 0.6) is 28.9 Å². The Labute approximate surface area is 376 Å². The van der Waals surface area contributed by atoms with Gasteiger partial charge in [-0.25, -0.2) is 4.98 Å². The van der Waals surface area contributed by atoms with Crippen LogP contribution in [0.25, 0.3) is 0 Å². The highest BCUT2D eigenvalue weighted by atomic mass is 16.5. The second-order valence-electron chi connectivity index (χ2n) is 17.6. The first-order chi connectivity index (χ1) is 31.2. The van der Waals surface area contributed by atoms with Gasteiger partial charge >= 0.3 is 0 Å². The minimum absolute atomic E-state index is 0.00239. The maximum Gasteiger partial charge on any atom is 0.213 e. The third-order valence-electron chi connectivity index (χ3n) is 13.1. The zero-order chi connectivity index (χ0) is 44.4. The quantitative estimate of drug-likeness (QED) is 0.0794. The molecule has 1 N–H and O–H groups in total. The summed E-state index contributed by atoms with van der Waals surface area (Å²) in [6, 6.07) is 31.3. The van der Waals surface area contributed by atoms with Gasteiger partial charge in [-0.15, -0.1) is 0 Å². The number of phenolic OH excluding ortho intramolecular Hbond substituents is 1. The molecule has 2 heterocycles. The first kappa shape index (κ1) is 44.1.